The van der Waals surface area contributed by atoms with Crippen LogP contribution in [0.15, 0.2) is 24.3 Å². The molecule has 0 aliphatic carbocycles. The molecule has 0 spiro atoms. The summed E-state index contributed by atoms with van der Waals surface area (Å²) in [5.41, 5.74) is 0. The van der Waals surface area contributed by atoms with Crippen LogP contribution in [0.1, 0.15) is 0 Å². The number of methoxy groups -OCH3 is 1. The molecule has 2 unspecified atom stereocenters. The van der Waals surface area contributed by atoms with Gasteiger partial charge in [-0.3, -0.25) is 9.13 Å². The molecule has 1 fully saturated rings. The summed E-state index contributed by atoms with van der Waals surface area (Å²) in [6.07, 6.45) is -4.76. The van der Waals surface area contributed by atoms with Gasteiger partial charge in [-0.25, -0.2) is 0 Å². The summed E-state index contributed by atoms with van der Waals surface area (Å²) >= 11 is 0. The second-order valence-corrected chi connectivity index (χ2v) is 18.0. The standard InChI is InChI=1S/C13H21O11P3/c1-22-8-3-5-9(6-4-8)23-13-12(15)11(14)10(24-13)7-26(18,19)27(20,21)25(2,16)17/h3-6,10-17H,2,7H2,1H3,(H,18,19)(H,20,21)/t10-,11-,12-,13-/m1/s1. The number of rotatable bonds is 7. The predicted molar refractivity (Wildman–Crippen MR) is 97.3 cm³/mol. The van der Waals surface area contributed by atoms with Crippen molar-refractivity contribution in [1.29, 1.82) is 0 Å². The highest BCUT2D eigenvalue weighted by molar-refractivity contribution is 8.63. The lowest BCUT2D eigenvalue weighted by Crippen LogP contribution is -2.35. The first-order valence-electron chi connectivity index (χ1n) is 7.47. The van der Waals surface area contributed by atoms with Crippen molar-refractivity contribution in [2.75, 3.05) is 13.3 Å². The highest BCUT2D eigenvalue weighted by atomic mass is 32.5. The zero-order chi connectivity index (χ0) is 20.6. The number of ether oxygens (including phenoxy) is 3. The Morgan fingerprint density at radius 3 is 2.04 bits per heavy atom. The van der Waals surface area contributed by atoms with Crippen molar-refractivity contribution >= 4 is 27.1 Å². The molecule has 6 atom stereocenters. The first-order chi connectivity index (χ1) is 12.3. The van der Waals surface area contributed by atoms with E-state index in [1.54, 1.807) is 12.1 Å². The Kier molecular flexibility index (Phi) is 6.67. The summed E-state index contributed by atoms with van der Waals surface area (Å²) in [5.74, 6) is 0.780. The van der Waals surface area contributed by atoms with Gasteiger partial charge in [0.15, 0.2) is 0 Å². The first kappa shape index (κ1) is 22.6. The second kappa shape index (κ2) is 7.97. The number of hydrogen-bond donors (Lipinski definition) is 6. The molecular formula is C13H21O11P3. The molecule has 14 heteroatoms. The molecular weight excluding hydrogens is 425 g/mol. The van der Waals surface area contributed by atoms with E-state index >= 15 is 0 Å². The van der Waals surface area contributed by atoms with E-state index in [0.29, 0.717) is 5.75 Å². The molecule has 1 heterocycles. The van der Waals surface area contributed by atoms with Crippen LogP contribution in [-0.4, -0.2) is 74.0 Å². The molecule has 6 N–H and O–H groups in total. The van der Waals surface area contributed by atoms with Crippen LogP contribution in [-0.2, 0) is 13.9 Å². The first-order valence-corrected chi connectivity index (χ1v) is 14.3. The van der Waals surface area contributed by atoms with Crippen molar-refractivity contribution < 1.29 is 53.1 Å². The molecule has 0 bridgehead atoms. The van der Waals surface area contributed by atoms with Crippen molar-refractivity contribution in [3.05, 3.63) is 24.3 Å². The minimum Gasteiger partial charge on any atom is -0.497 e. The van der Waals surface area contributed by atoms with Gasteiger partial charge in [-0.05, 0) is 30.6 Å². The average Bonchev–Trinajstić information content (AvgIpc) is 2.82. The lowest BCUT2D eigenvalue weighted by atomic mass is 10.1. The summed E-state index contributed by atoms with van der Waals surface area (Å²) in [6.45, 7) is -5.38. The van der Waals surface area contributed by atoms with E-state index in [0.717, 1.165) is 0 Å². The normalized spacial score (nSPS) is 30.3. The van der Waals surface area contributed by atoms with Gasteiger partial charge in [-0.2, -0.15) is 0 Å². The van der Waals surface area contributed by atoms with Gasteiger partial charge in [0.05, 0.1) is 13.3 Å². The summed E-state index contributed by atoms with van der Waals surface area (Å²) in [7, 11) is -8.46. The monoisotopic (exact) mass is 446 g/mol. The Morgan fingerprint density at radius 2 is 1.56 bits per heavy atom. The van der Waals surface area contributed by atoms with E-state index in [1.807, 2.05) is 0 Å². The zero-order valence-corrected chi connectivity index (χ0v) is 16.8. The average molecular weight is 446 g/mol. The molecule has 0 aromatic heterocycles. The molecule has 27 heavy (non-hydrogen) atoms. The zero-order valence-electron chi connectivity index (χ0n) is 14.1. The van der Waals surface area contributed by atoms with Crippen molar-refractivity contribution in [2.24, 2.45) is 0 Å². The van der Waals surface area contributed by atoms with Crippen LogP contribution in [0.3, 0.4) is 0 Å². The second-order valence-electron chi connectivity index (χ2n) is 5.87. The molecule has 1 saturated heterocycles. The SMILES string of the molecule is C=P(O)(O)P(=O)(O)P(=O)(O)C[C@H]1O[C@@H](Oc2ccc(OC)cc2)[C@H](O)[C@@H]1O. The molecule has 2 rings (SSSR count). The van der Waals surface area contributed by atoms with E-state index in [4.69, 9.17) is 14.2 Å². The number of hydrogen-bond acceptors (Lipinski definition) is 9. The van der Waals surface area contributed by atoms with Gasteiger partial charge in [0.25, 0.3) is 7.06 Å². The lowest BCUT2D eigenvalue weighted by molar-refractivity contribution is -0.106. The fraction of sp³-hybridized carbons (Fsp3) is 0.462. The lowest BCUT2D eigenvalue weighted by Gasteiger charge is -2.25. The Hall–Kier alpha value is -0.700. The molecule has 0 saturated carbocycles. The summed E-state index contributed by atoms with van der Waals surface area (Å²) in [6, 6.07) is 6.11. The van der Waals surface area contributed by atoms with Crippen molar-refractivity contribution in [3.63, 3.8) is 0 Å². The van der Waals surface area contributed by atoms with E-state index in [2.05, 4.69) is 6.30 Å². The van der Waals surface area contributed by atoms with Crippen LogP contribution in [0.4, 0.5) is 0 Å². The minimum absolute atomic E-state index is 0.237. The van der Waals surface area contributed by atoms with E-state index in [9.17, 15) is 38.9 Å². The molecule has 154 valence electrons. The highest BCUT2D eigenvalue weighted by Gasteiger charge is 2.55. The minimum atomic E-state index is -5.38. The number of aliphatic hydroxyl groups is 2. The van der Waals surface area contributed by atoms with Gasteiger partial charge in [0.1, 0.15) is 29.8 Å². The third kappa shape index (κ3) is 4.66. The van der Waals surface area contributed by atoms with Crippen molar-refractivity contribution in [2.45, 2.75) is 24.6 Å². The maximum absolute atomic E-state index is 12.2. The maximum atomic E-state index is 12.2. The van der Waals surface area contributed by atoms with Gasteiger partial charge in [0.2, 0.25) is 13.3 Å². The van der Waals surface area contributed by atoms with Crippen LogP contribution in [0.2, 0.25) is 0 Å². The van der Waals surface area contributed by atoms with Crippen LogP contribution in [0.5, 0.6) is 11.5 Å². The number of aliphatic hydroxyl groups excluding tert-OH is 2. The fourth-order valence-electron chi connectivity index (χ4n) is 2.32. The Bertz CT molecular complexity index is 804. The van der Waals surface area contributed by atoms with Crippen LogP contribution < -0.4 is 9.47 Å². The molecule has 0 amide bonds. The molecule has 1 aliphatic heterocycles. The molecule has 1 aliphatic rings. The smallest absolute Gasteiger partial charge is 0.348 e. The van der Waals surface area contributed by atoms with E-state index < -0.39 is 51.6 Å². The third-order valence-electron chi connectivity index (χ3n) is 3.87. The predicted octanol–water partition coefficient (Wildman–Crippen LogP) is 0.156. The maximum Gasteiger partial charge on any atom is 0.348 e. The van der Waals surface area contributed by atoms with Gasteiger partial charge in [-0.15, -0.1) is 0 Å². The van der Waals surface area contributed by atoms with Gasteiger partial charge >= 0.3 is 6.75 Å². The van der Waals surface area contributed by atoms with Crippen LogP contribution in [0, 0.1) is 0 Å². The summed E-state index contributed by atoms with van der Waals surface area (Å²) < 4.78 is 39.7. The molecule has 11 nitrogen and oxygen atoms in total. The Balaban J connectivity index is 2.13. The fourth-order valence-corrected chi connectivity index (χ4v) is 10.9. The number of benzene rings is 1. The van der Waals surface area contributed by atoms with E-state index in [1.165, 1.54) is 19.2 Å². The largest absolute Gasteiger partial charge is 0.497 e. The van der Waals surface area contributed by atoms with Crippen molar-refractivity contribution in [3.8, 4) is 11.5 Å². The van der Waals surface area contributed by atoms with E-state index in [-0.39, 0.29) is 5.75 Å². The van der Waals surface area contributed by atoms with Gasteiger partial charge in [-0.1, -0.05) is 0 Å². The van der Waals surface area contributed by atoms with Crippen molar-refractivity contribution in [1.82, 2.24) is 0 Å². The van der Waals surface area contributed by atoms with Crippen LogP contribution >= 0.6 is 20.8 Å². The molecule has 1 aromatic carbocycles. The van der Waals surface area contributed by atoms with Gasteiger partial charge < -0.3 is 44.0 Å². The molecule has 0 radical (unpaired) electrons. The summed E-state index contributed by atoms with van der Waals surface area (Å²) in [5, 5.41) is 20.0. The Labute approximate surface area is 154 Å². The quantitative estimate of drug-likeness (QED) is 0.314. The summed E-state index contributed by atoms with van der Waals surface area (Å²) in [4.78, 5) is 38.1. The van der Waals surface area contributed by atoms with Crippen LogP contribution in [0.25, 0.3) is 0 Å². The van der Waals surface area contributed by atoms with Gasteiger partial charge in [0, 0.05) is 0 Å². The Morgan fingerprint density at radius 1 is 1.04 bits per heavy atom. The third-order valence-corrected chi connectivity index (χ3v) is 16.9. The topological polar surface area (TPSA) is 183 Å². The highest BCUT2D eigenvalue weighted by Crippen LogP contribution is 2.93. The molecule has 1 aromatic rings.